The minimum atomic E-state index is -0.976. The van der Waals surface area contributed by atoms with E-state index in [1.54, 1.807) is 24.3 Å². The first kappa shape index (κ1) is 19.5. The summed E-state index contributed by atoms with van der Waals surface area (Å²) in [5, 5.41) is 12.1. The summed E-state index contributed by atoms with van der Waals surface area (Å²) in [5.74, 6) is -0.247. The van der Waals surface area contributed by atoms with Gasteiger partial charge in [-0.05, 0) is 49.9 Å². The Bertz CT molecular complexity index is 765. The average molecular weight is 355 g/mol. The Balaban J connectivity index is 1.83. The van der Waals surface area contributed by atoms with Gasteiger partial charge in [-0.25, -0.2) is 4.79 Å². The number of hydrogen-bond acceptors (Lipinski definition) is 3. The highest BCUT2D eigenvalue weighted by atomic mass is 16.5. The molecule has 2 N–H and O–H groups in total. The van der Waals surface area contributed by atoms with Crippen LogP contribution in [0.15, 0.2) is 42.5 Å². The summed E-state index contributed by atoms with van der Waals surface area (Å²) < 4.78 is 5.85. The van der Waals surface area contributed by atoms with Crippen LogP contribution in [-0.4, -0.2) is 29.6 Å². The van der Waals surface area contributed by atoms with E-state index in [0.29, 0.717) is 18.6 Å². The Hall–Kier alpha value is -2.82. The number of rotatable bonds is 8. The van der Waals surface area contributed by atoms with Gasteiger partial charge >= 0.3 is 5.97 Å². The third kappa shape index (κ3) is 5.34. The number of aryl methyl sites for hydroxylation is 3. The Morgan fingerprint density at radius 2 is 1.73 bits per heavy atom. The number of para-hydroxylation sites is 1. The van der Waals surface area contributed by atoms with E-state index in [0.717, 1.165) is 16.9 Å². The van der Waals surface area contributed by atoms with Crippen molar-refractivity contribution in [1.82, 2.24) is 5.32 Å². The molecule has 0 aliphatic carbocycles. The molecule has 1 unspecified atom stereocenters. The SMILES string of the molecule is Cc1cccc(C)c1OCC(C)NC(=O)CCc1ccccc1C(=O)O. The van der Waals surface area contributed by atoms with Gasteiger partial charge in [0.2, 0.25) is 5.91 Å². The van der Waals surface area contributed by atoms with E-state index in [4.69, 9.17) is 4.74 Å². The molecule has 26 heavy (non-hydrogen) atoms. The monoisotopic (exact) mass is 355 g/mol. The summed E-state index contributed by atoms with van der Waals surface area (Å²) in [6.07, 6.45) is 0.622. The normalized spacial score (nSPS) is 11.7. The zero-order valence-corrected chi connectivity index (χ0v) is 15.4. The summed E-state index contributed by atoms with van der Waals surface area (Å²) in [4.78, 5) is 23.3. The number of carboxylic acids is 1. The fourth-order valence-electron chi connectivity index (χ4n) is 2.82. The van der Waals surface area contributed by atoms with Crippen LogP contribution in [0.3, 0.4) is 0 Å². The highest BCUT2D eigenvalue weighted by Gasteiger charge is 2.13. The van der Waals surface area contributed by atoms with Crippen LogP contribution in [0.4, 0.5) is 0 Å². The number of aromatic carboxylic acids is 1. The van der Waals surface area contributed by atoms with Crippen molar-refractivity contribution in [3.05, 3.63) is 64.7 Å². The molecule has 2 aromatic carbocycles. The lowest BCUT2D eigenvalue weighted by Crippen LogP contribution is -2.37. The van der Waals surface area contributed by atoms with Gasteiger partial charge in [-0.15, -0.1) is 0 Å². The van der Waals surface area contributed by atoms with Gasteiger partial charge in [0.25, 0.3) is 0 Å². The summed E-state index contributed by atoms with van der Waals surface area (Å²) in [7, 11) is 0. The van der Waals surface area contributed by atoms with Gasteiger partial charge in [-0.2, -0.15) is 0 Å². The smallest absolute Gasteiger partial charge is 0.335 e. The molecule has 1 amide bonds. The van der Waals surface area contributed by atoms with Crippen LogP contribution in [0.2, 0.25) is 0 Å². The maximum absolute atomic E-state index is 12.1. The van der Waals surface area contributed by atoms with Crippen molar-refractivity contribution in [3.8, 4) is 5.75 Å². The highest BCUT2D eigenvalue weighted by molar-refractivity contribution is 5.89. The second kappa shape index (κ2) is 9.04. The van der Waals surface area contributed by atoms with E-state index in [1.807, 2.05) is 39.0 Å². The van der Waals surface area contributed by atoms with Crippen molar-refractivity contribution >= 4 is 11.9 Å². The first-order chi connectivity index (χ1) is 12.4. The number of ether oxygens (including phenoxy) is 1. The van der Waals surface area contributed by atoms with Crippen LogP contribution >= 0.6 is 0 Å². The summed E-state index contributed by atoms with van der Waals surface area (Å²) in [5.41, 5.74) is 3.03. The van der Waals surface area contributed by atoms with Crippen LogP contribution in [-0.2, 0) is 11.2 Å². The summed E-state index contributed by atoms with van der Waals surface area (Å²) in [6.45, 7) is 6.25. The van der Waals surface area contributed by atoms with E-state index >= 15 is 0 Å². The molecular weight excluding hydrogens is 330 g/mol. The van der Waals surface area contributed by atoms with Crippen LogP contribution in [0.1, 0.15) is 40.4 Å². The quantitative estimate of drug-likeness (QED) is 0.760. The number of carbonyl (C=O) groups is 2. The molecule has 0 saturated carbocycles. The van der Waals surface area contributed by atoms with Gasteiger partial charge in [0.1, 0.15) is 12.4 Å². The first-order valence-electron chi connectivity index (χ1n) is 8.68. The fourth-order valence-corrected chi connectivity index (χ4v) is 2.82. The molecule has 0 aliphatic rings. The molecule has 1 atom stereocenters. The number of hydrogen-bond donors (Lipinski definition) is 2. The predicted molar refractivity (Wildman–Crippen MR) is 101 cm³/mol. The zero-order valence-electron chi connectivity index (χ0n) is 15.4. The van der Waals surface area contributed by atoms with Crippen LogP contribution in [0.25, 0.3) is 0 Å². The molecule has 0 aliphatic heterocycles. The molecule has 5 heteroatoms. The second-order valence-corrected chi connectivity index (χ2v) is 6.46. The molecule has 0 aromatic heterocycles. The highest BCUT2D eigenvalue weighted by Crippen LogP contribution is 2.22. The summed E-state index contributed by atoms with van der Waals surface area (Å²) in [6, 6.07) is 12.6. The van der Waals surface area contributed by atoms with Crippen LogP contribution in [0.5, 0.6) is 5.75 Å². The Morgan fingerprint density at radius 3 is 2.38 bits per heavy atom. The molecular formula is C21H25NO4. The van der Waals surface area contributed by atoms with Crippen molar-refractivity contribution in [2.75, 3.05) is 6.61 Å². The van der Waals surface area contributed by atoms with Gasteiger partial charge in [-0.1, -0.05) is 36.4 Å². The van der Waals surface area contributed by atoms with E-state index < -0.39 is 5.97 Å². The maximum Gasteiger partial charge on any atom is 0.335 e. The molecule has 0 fully saturated rings. The zero-order chi connectivity index (χ0) is 19.1. The molecule has 0 heterocycles. The summed E-state index contributed by atoms with van der Waals surface area (Å²) >= 11 is 0. The van der Waals surface area contributed by atoms with E-state index in [9.17, 15) is 14.7 Å². The number of amides is 1. The molecule has 138 valence electrons. The van der Waals surface area contributed by atoms with Crippen molar-refractivity contribution in [2.24, 2.45) is 0 Å². The average Bonchev–Trinajstić information content (AvgIpc) is 2.59. The van der Waals surface area contributed by atoms with Crippen LogP contribution in [0, 0.1) is 13.8 Å². The molecule has 2 rings (SSSR count). The van der Waals surface area contributed by atoms with Crippen molar-refractivity contribution in [3.63, 3.8) is 0 Å². The molecule has 5 nitrogen and oxygen atoms in total. The van der Waals surface area contributed by atoms with Gasteiger partial charge in [0.15, 0.2) is 0 Å². The number of benzene rings is 2. The predicted octanol–water partition coefficient (Wildman–Crippen LogP) is 3.52. The largest absolute Gasteiger partial charge is 0.491 e. The number of carbonyl (C=O) groups excluding carboxylic acids is 1. The fraction of sp³-hybridized carbons (Fsp3) is 0.333. The van der Waals surface area contributed by atoms with Gasteiger partial charge in [0.05, 0.1) is 11.6 Å². The van der Waals surface area contributed by atoms with Crippen molar-refractivity contribution < 1.29 is 19.4 Å². The van der Waals surface area contributed by atoms with Crippen molar-refractivity contribution in [1.29, 1.82) is 0 Å². The first-order valence-corrected chi connectivity index (χ1v) is 8.68. The number of nitrogens with one attached hydrogen (secondary N) is 1. The van der Waals surface area contributed by atoms with Gasteiger partial charge < -0.3 is 15.2 Å². The van der Waals surface area contributed by atoms with E-state index in [1.165, 1.54) is 0 Å². The Morgan fingerprint density at radius 1 is 1.08 bits per heavy atom. The lowest BCUT2D eigenvalue weighted by Gasteiger charge is -2.17. The van der Waals surface area contributed by atoms with Gasteiger partial charge in [0, 0.05) is 6.42 Å². The lowest BCUT2D eigenvalue weighted by molar-refractivity contribution is -0.121. The third-order valence-corrected chi connectivity index (χ3v) is 4.16. The molecule has 0 radical (unpaired) electrons. The molecule has 0 bridgehead atoms. The van der Waals surface area contributed by atoms with Crippen LogP contribution < -0.4 is 10.1 Å². The molecule has 2 aromatic rings. The third-order valence-electron chi connectivity index (χ3n) is 4.16. The van der Waals surface area contributed by atoms with E-state index in [2.05, 4.69) is 5.32 Å². The lowest BCUT2D eigenvalue weighted by atomic mass is 10.0. The number of carboxylic acid groups (broad SMARTS) is 1. The Kier molecular flexibility index (Phi) is 6.78. The molecule has 0 saturated heterocycles. The second-order valence-electron chi connectivity index (χ2n) is 6.46. The van der Waals surface area contributed by atoms with Gasteiger partial charge in [-0.3, -0.25) is 4.79 Å². The topological polar surface area (TPSA) is 75.6 Å². The minimum absolute atomic E-state index is 0.122. The standard InChI is InChI=1S/C21H25NO4/c1-14-7-6-8-15(2)20(14)26-13-16(3)22-19(23)12-11-17-9-4-5-10-18(17)21(24)25/h4-10,16H,11-13H2,1-3H3,(H,22,23)(H,24,25). The minimum Gasteiger partial charge on any atom is -0.491 e. The van der Waals surface area contributed by atoms with Crippen molar-refractivity contribution in [2.45, 2.75) is 39.7 Å². The maximum atomic E-state index is 12.1. The van der Waals surface area contributed by atoms with E-state index in [-0.39, 0.29) is 23.9 Å². The molecule has 0 spiro atoms. The Labute approximate surface area is 154 Å².